The van der Waals surface area contributed by atoms with E-state index in [0.29, 0.717) is 30.2 Å². The number of nitro benzene ring substituents is 1. The van der Waals surface area contributed by atoms with Crippen LogP contribution in [0.4, 0.5) is 21.5 Å². The summed E-state index contributed by atoms with van der Waals surface area (Å²) in [7, 11) is 0. The molecule has 1 aliphatic rings. The van der Waals surface area contributed by atoms with Crippen molar-refractivity contribution in [1.82, 2.24) is 9.78 Å². The van der Waals surface area contributed by atoms with Crippen LogP contribution in [0.25, 0.3) is 5.69 Å². The molecule has 0 radical (unpaired) electrons. The van der Waals surface area contributed by atoms with Gasteiger partial charge in [0.2, 0.25) is 0 Å². The molecule has 3 aromatic rings. The molecule has 0 amide bonds. The largest absolute Gasteiger partial charge is 0.380 e. The summed E-state index contributed by atoms with van der Waals surface area (Å²) in [6.45, 7) is 1.27. The fourth-order valence-electron chi connectivity index (χ4n) is 3.61. The Kier molecular flexibility index (Phi) is 5.85. The van der Waals surface area contributed by atoms with Crippen LogP contribution in [-0.4, -0.2) is 33.8 Å². The number of aromatic nitrogens is 2. The van der Waals surface area contributed by atoms with Gasteiger partial charge in [-0.25, -0.2) is 4.39 Å². The second-order valence-corrected chi connectivity index (χ2v) is 7.60. The normalized spacial score (nSPS) is 14.5. The lowest BCUT2D eigenvalue weighted by Crippen LogP contribution is -2.40. The highest BCUT2D eigenvalue weighted by molar-refractivity contribution is 6.33. The quantitative estimate of drug-likeness (QED) is 0.473. The number of nitrogens with zero attached hydrogens (tertiary/aromatic N) is 4. The molecule has 2 aromatic carbocycles. The number of rotatable bonds is 5. The third-order valence-corrected chi connectivity index (χ3v) is 5.63. The third kappa shape index (κ3) is 4.36. The lowest BCUT2D eigenvalue weighted by atomic mass is 10.0. The fourth-order valence-corrected chi connectivity index (χ4v) is 3.86. The van der Waals surface area contributed by atoms with E-state index < -0.39 is 10.5 Å². The van der Waals surface area contributed by atoms with Gasteiger partial charge in [-0.15, -0.1) is 0 Å². The van der Waals surface area contributed by atoms with E-state index in [1.807, 2.05) is 4.90 Å². The van der Waals surface area contributed by atoms with E-state index in [4.69, 9.17) is 11.6 Å². The molecule has 1 N–H and O–H groups in total. The van der Waals surface area contributed by atoms with Gasteiger partial charge in [0.25, 0.3) is 11.2 Å². The van der Waals surface area contributed by atoms with Crippen LogP contribution < -0.4 is 15.8 Å². The minimum Gasteiger partial charge on any atom is -0.380 e. The highest BCUT2D eigenvalue weighted by atomic mass is 35.5. The standard InChI is InChI=1S/C21H19ClFN5O3/c22-20-19(13-24-27(21(20)29)15-5-7-16(8-6-15)28(30)31)26-11-9-14(10-12-26)25-18-4-2-1-3-17(18)23/h1-8,13-14,25H,9-12H2. The zero-order chi connectivity index (χ0) is 22.0. The molecule has 1 saturated heterocycles. The van der Waals surface area contributed by atoms with E-state index >= 15 is 0 Å². The molecule has 4 rings (SSSR count). The average Bonchev–Trinajstić information content (AvgIpc) is 2.78. The van der Waals surface area contributed by atoms with E-state index in [1.54, 1.807) is 18.2 Å². The van der Waals surface area contributed by atoms with E-state index in [-0.39, 0.29) is 22.6 Å². The van der Waals surface area contributed by atoms with Gasteiger partial charge in [-0.2, -0.15) is 9.78 Å². The van der Waals surface area contributed by atoms with Crippen LogP contribution in [-0.2, 0) is 0 Å². The van der Waals surface area contributed by atoms with Gasteiger partial charge in [0.15, 0.2) is 0 Å². The Morgan fingerprint density at radius 1 is 1.13 bits per heavy atom. The number of nitrogens with one attached hydrogen (secondary N) is 1. The summed E-state index contributed by atoms with van der Waals surface area (Å²) in [6.07, 6.45) is 3.02. The van der Waals surface area contributed by atoms with Crippen LogP contribution in [0.2, 0.25) is 5.02 Å². The van der Waals surface area contributed by atoms with Crippen molar-refractivity contribution in [3.05, 3.63) is 86.0 Å². The Labute approximate surface area is 182 Å². The maximum absolute atomic E-state index is 13.9. The number of para-hydroxylation sites is 1. The molecule has 10 heteroatoms. The number of non-ortho nitro benzene ring substituents is 1. The van der Waals surface area contributed by atoms with E-state index in [9.17, 15) is 19.3 Å². The van der Waals surface area contributed by atoms with Crippen molar-refractivity contribution >= 4 is 28.7 Å². The first-order valence-corrected chi connectivity index (χ1v) is 10.1. The Balaban J connectivity index is 1.47. The minimum absolute atomic E-state index is 0.0360. The second kappa shape index (κ2) is 8.73. The number of hydrogen-bond donors (Lipinski definition) is 1. The topological polar surface area (TPSA) is 93.3 Å². The number of halogens is 2. The van der Waals surface area contributed by atoms with Crippen molar-refractivity contribution in [2.24, 2.45) is 0 Å². The molecule has 8 nitrogen and oxygen atoms in total. The second-order valence-electron chi connectivity index (χ2n) is 7.22. The third-order valence-electron chi connectivity index (χ3n) is 5.27. The molecule has 1 fully saturated rings. The van der Waals surface area contributed by atoms with Crippen LogP contribution >= 0.6 is 11.6 Å². The monoisotopic (exact) mass is 443 g/mol. The molecule has 0 bridgehead atoms. The molecule has 0 atom stereocenters. The first kappa shape index (κ1) is 20.8. The Bertz CT molecular complexity index is 1160. The van der Waals surface area contributed by atoms with Crippen LogP contribution in [0.15, 0.2) is 59.5 Å². The van der Waals surface area contributed by atoms with E-state index in [0.717, 1.165) is 17.5 Å². The highest BCUT2D eigenvalue weighted by Crippen LogP contribution is 2.27. The first-order chi connectivity index (χ1) is 14.9. The zero-order valence-electron chi connectivity index (χ0n) is 16.4. The van der Waals surface area contributed by atoms with Crippen LogP contribution in [0.5, 0.6) is 0 Å². The molecule has 0 spiro atoms. The number of anilines is 2. The summed E-state index contributed by atoms with van der Waals surface area (Å²) in [5, 5.41) is 18.3. The highest BCUT2D eigenvalue weighted by Gasteiger charge is 2.23. The molecule has 160 valence electrons. The fraction of sp³-hybridized carbons (Fsp3) is 0.238. The molecule has 0 aliphatic carbocycles. The molecule has 1 aliphatic heterocycles. The predicted molar refractivity (Wildman–Crippen MR) is 117 cm³/mol. The van der Waals surface area contributed by atoms with Crippen LogP contribution in [0.1, 0.15) is 12.8 Å². The zero-order valence-corrected chi connectivity index (χ0v) is 17.1. The summed E-state index contributed by atoms with van der Waals surface area (Å²) in [5.41, 5.74) is 0.823. The molecule has 1 aromatic heterocycles. The summed E-state index contributed by atoms with van der Waals surface area (Å²) in [4.78, 5) is 25.0. The average molecular weight is 444 g/mol. The van der Waals surface area contributed by atoms with Crippen molar-refractivity contribution in [2.45, 2.75) is 18.9 Å². The molecular formula is C21H19ClFN5O3. The summed E-state index contributed by atoms with van der Waals surface area (Å²) in [6, 6.07) is 12.2. The molecule has 0 unspecified atom stereocenters. The maximum Gasteiger partial charge on any atom is 0.292 e. The maximum atomic E-state index is 13.9. The van der Waals surface area contributed by atoms with Gasteiger partial charge in [0.05, 0.1) is 28.2 Å². The minimum atomic E-state index is -0.513. The van der Waals surface area contributed by atoms with Gasteiger partial charge in [0.1, 0.15) is 10.8 Å². The summed E-state index contributed by atoms with van der Waals surface area (Å²) >= 11 is 6.36. The van der Waals surface area contributed by atoms with Gasteiger partial charge in [-0.05, 0) is 37.1 Å². The van der Waals surface area contributed by atoms with Gasteiger partial charge in [-0.1, -0.05) is 23.7 Å². The first-order valence-electron chi connectivity index (χ1n) is 9.72. The summed E-state index contributed by atoms with van der Waals surface area (Å²) in [5.74, 6) is -0.285. The van der Waals surface area contributed by atoms with Crippen LogP contribution in [0, 0.1) is 15.9 Å². The van der Waals surface area contributed by atoms with Gasteiger partial charge < -0.3 is 10.2 Å². The number of piperidine rings is 1. The van der Waals surface area contributed by atoms with Gasteiger partial charge in [0, 0.05) is 31.3 Å². The van der Waals surface area contributed by atoms with Crippen molar-refractivity contribution in [1.29, 1.82) is 0 Å². The Morgan fingerprint density at radius 2 is 1.81 bits per heavy atom. The number of benzene rings is 2. The number of hydrogen-bond acceptors (Lipinski definition) is 6. The van der Waals surface area contributed by atoms with E-state index in [2.05, 4.69) is 10.4 Å². The van der Waals surface area contributed by atoms with Crippen molar-refractivity contribution in [2.75, 3.05) is 23.3 Å². The van der Waals surface area contributed by atoms with Gasteiger partial charge >= 0.3 is 0 Å². The molecule has 0 saturated carbocycles. The lowest BCUT2D eigenvalue weighted by Gasteiger charge is -2.34. The van der Waals surface area contributed by atoms with Crippen molar-refractivity contribution < 1.29 is 9.31 Å². The SMILES string of the molecule is O=c1c(Cl)c(N2CCC(Nc3ccccc3F)CC2)cnn1-c1ccc([N+](=O)[O-])cc1. The summed E-state index contributed by atoms with van der Waals surface area (Å²) < 4.78 is 15.0. The molecule has 2 heterocycles. The molecular weight excluding hydrogens is 425 g/mol. The van der Waals surface area contributed by atoms with Gasteiger partial charge in [-0.3, -0.25) is 14.9 Å². The number of nitro groups is 1. The Hall–Kier alpha value is -3.46. The molecule has 31 heavy (non-hydrogen) atoms. The van der Waals surface area contributed by atoms with E-state index in [1.165, 1.54) is 36.5 Å². The van der Waals surface area contributed by atoms with Crippen molar-refractivity contribution in [3.8, 4) is 5.69 Å². The predicted octanol–water partition coefficient (Wildman–Crippen LogP) is 4.01. The van der Waals surface area contributed by atoms with Crippen LogP contribution in [0.3, 0.4) is 0 Å². The lowest BCUT2D eigenvalue weighted by molar-refractivity contribution is -0.384. The Morgan fingerprint density at radius 3 is 2.45 bits per heavy atom. The van der Waals surface area contributed by atoms with Crippen molar-refractivity contribution in [3.63, 3.8) is 0 Å². The smallest absolute Gasteiger partial charge is 0.292 e.